The summed E-state index contributed by atoms with van der Waals surface area (Å²) in [5.74, 6) is 1.64. The number of likely N-dealkylation sites (tertiary alicyclic amines) is 1. The second kappa shape index (κ2) is 5.38. The van der Waals surface area contributed by atoms with Crippen molar-refractivity contribution in [3.05, 3.63) is 35.9 Å². The standard InChI is InChI=1S/C18H25NO2/c1-13-7-8-18(9-10-19(2)17(18)11-13)14-5-6-15(20-3)16(12-14)21-4/h5-6,12,17H,1,7-11H2,2-4H3/t17-,18-/m0/s1. The van der Waals surface area contributed by atoms with E-state index in [4.69, 9.17) is 9.47 Å². The highest BCUT2D eigenvalue weighted by Crippen LogP contribution is 2.50. The van der Waals surface area contributed by atoms with Gasteiger partial charge in [0.05, 0.1) is 14.2 Å². The van der Waals surface area contributed by atoms with Crippen molar-refractivity contribution in [1.29, 1.82) is 0 Å². The molecule has 1 saturated heterocycles. The molecule has 0 aromatic heterocycles. The Bertz CT molecular complexity index is 554. The minimum atomic E-state index is 0.246. The van der Waals surface area contributed by atoms with Crippen LogP contribution in [0, 0.1) is 0 Å². The monoisotopic (exact) mass is 287 g/mol. The number of methoxy groups -OCH3 is 2. The maximum absolute atomic E-state index is 5.50. The Morgan fingerprint density at radius 3 is 2.67 bits per heavy atom. The number of benzene rings is 1. The summed E-state index contributed by atoms with van der Waals surface area (Å²) in [5.41, 5.74) is 3.03. The summed E-state index contributed by atoms with van der Waals surface area (Å²) in [6.45, 7) is 5.38. The molecule has 21 heavy (non-hydrogen) atoms. The maximum atomic E-state index is 5.50. The minimum absolute atomic E-state index is 0.246. The molecule has 2 fully saturated rings. The van der Waals surface area contributed by atoms with Crippen LogP contribution in [0.3, 0.4) is 0 Å². The zero-order chi connectivity index (χ0) is 15.0. The van der Waals surface area contributed by atoms with E-state index in [1.807, 2.05) is 6.07 Å². The van der Waals surface area contributed by atoms with Crippen LogP contribution in [-0.2, 0) is 5.41 Å². The van der Waals surface area contributed by atoms with E-state index < -0.39 is 0 Å². The van der Waals surface area contributed by atoms with E-state index in [1.54, 1.807) is 14.2 Å². The topological polar surface area (TPSA) is 21.7 Å². The summed E-state index contributed by atoms with van der Waals surface area (Å²) in [7, 11) is 5.64. The zero-order valence-electron chi connectivity index (χ0n) is 13.3. The van der Waals surface area contributed by atoms with Crippen LogP contribution in [0.4, 0.5) is 0 Å². The first-order chi connectivity index (χ1) is 10.1. The molecule has 0 amide bonds. The van der Waals surface area contributed by atoms with Gasteiger partial charge in [-0.2, -0.15) is 0 Å². The van der Waals surface area contributed by atoms with Crippen LogP contribution < -0.4 is 9.47 Å². The van der Waals surface area contributed by atoms with Gasteiger partial charge in [-0.25, -0.2) is 0 Å². The van der Waals surface area contributed by atoms with E-state index >= 15 is 0 Å². The van der Waals surface area contributed by atoms with E-state index in [0.717, 1.165) is 30.9 Å². The molecule has 1 heterocycles. The van der Waals surface area contributed by atoms with Crippen molar-refractivity contribution in [2.45, 2.75) is 37.1 Å². The van der Waals surface area contributed by atoms with Crippen molar-refractivity contribution in [3.8, 4) is 11.5 Å². The second-order valence-corrected chi connectivity index (χ2v) is 6.43. The van der Waals surface area contributed by atoms with Crippen molar-refractivity contribution in [3.63, 3.8) is 0 Å². The quantitative estimate of drug-likeness (QED) is 0.795. The highest BCUT2D eigenvalue weighted by Gasteiger charge is 2.49. The molecule has 1 aliphatic carbocycles. The Hall–Kier alpha value is -1.48. The number of fused-ring (bicyclic) bond motifs is 1. The van der Waals surface area contributed by atoms with Gasteiger partial charge in [-0.15, -0.1) is 0 Å². The molecule has 1 saturated carbocycles. The van der Waals surface area contributed by atoms with Crippen molar-refractivity contribution in [2.75, 3.05) is 27.8 Å². The molecule has 0 unspecified atom stereocenters. The van der Waals surface area contributed by atoms with Gasteiger partial charge in [-0.3, -0.25) is 0 Å². The Kier molecular flexibility index (Phi) is 3.70. The highest BCUT2D eigenvalue weighted by molar-refractivity contribution is 5.47. The lowest BCUT2D eigenvalue weighted by Gasteiger charge is -2.42. The van der Waals surface area contributed by atoms with Crippen LogP contribution in [0.1, 0.15) is 31.2 Å². The third-order valence-corrected chi connectivity index (χ3v) is 5.45. The lowest BCUT2D eigenvalue weighted by atomic mass is 9.65. The molecule has 0 radical (unpaired) electrons. The van der Waals surface area contributed by atoms with Crippen LogP contribution in [-0.4, -0.2) is 38.8 Å². The Labute approximate surface area is 127 Å². The summed E-state index contributed by atoms with van der Waals surface area (Å²) < 4.78 is 10.9. The average Bonchev–Trinajstić information content (AvgIpc) is 2.85. The van der Waals surface area contributed by atoms with Gasteiger partial charge in [0, 0.05) is 11.5 Å². The first-order valence-electron chi connectivity index (χ1n) is 7.70. The number of likely N-dealkylation sites (N-methyl/N-ethyl adjacent to an activating group) is 1. The van der Waals surface area contributed by atoms with E-state index in [0.29, 0.717) is 6.04 Å². The molecular weight excluding hydrogens is 262 g/mol. The Morgan fingerprint density at radius 1 is 1.19 bits per heavy atom. The number of hydrogen-bond acceptors (Lipinski definition) is 3. The zero-order valence-corrected chi connectivity index (χ0v) is 13.3. The highest BCUT2D eigenvalue weighted by atomic mass is 16.5. The van der Waals surface area contributed by atoms with Gasteiger partial charge in [-0.05, 0) is 57.0 Å². The Balaban J connectivity index is 2.03. The molecular formula is C18H25NO2. The SMILES string of the molecule is C=C1CC[C@@]2(c3ccc(OC)c(OC)c3)CCN(C)[C@H]2C1. The molecule has 2 atom stereocenters. The third-order valence-electron chi connectivity index (χ3n) is 5.45. The van der Waals surface area contributed by atoms with Crippen LogP contribution in [0.15, 0.2) is 30.4 Å². The van der Waals surface area contributed by atoms with Gasteiger partial charge in [-0.1, -0.05) is 18.2 Å². The van der Waals surface area contributed by atoms with E-state index in [9.17, 15) is 0 Å². The van der Waals surface area contributed by atoms with Gasteiger partial charge in [0.15, 0.2) is 11.5 Å². The molecule has 3 heteroatoms. The van der Waals surface area contributed by atoms with Gasteiger partial charge in [0.2, 0.25) is 0 Å². The summed E-state index contributed by atoms with van der Waals surface area (Å²) in [6, 6.07) is 7.01. The van der Waals surface area contributed by atoms with Crippen molar-refractivity contribution >= 4 is 0 Å². The fourth-order valence-corrected chi connectivity index (χ4v) is 4.17. The van der Waals surface area contributed by atoms with Crippen LogP contribution in [0.2, 0.25) is 0 Å². The number of ether oxygens (including phenoxy) is 2. The molecule has 3 rings (SSSR count). The third kappa shape index (κ3) is 2.24. The van der Waals surface area contributed by atoms with E-state index in [2.05, 4.69) is 30.7 Å². The smallest absolute Gasteiger partial charge is 0.161 e. The summed E-state index contributed by atoms with van der Waals surface area (Å²) in [6.07, 6.45) is 4.66. The van der Waals surface area contributed by atoms with Gasteiger partial charge >= 0.3 is 0 Å². The number of hydrogen-bond donors (Lipinski definition) is 0. The first kappa shape index (κ1) is 14.5. The molecule has 0 N–H and O–H groups in total. The van der Waals surface area contributed by atoms with Crippen LogP contribution in [0.5, 0.6) is 11.5 Å². The Morgan fingerprint density at radius 2 is 1.95 bits per heavy atom. The van der Waals surface area contributed by atoms with Crippen LogP contribution >= 0.6 is 0 Å². The maximum Gasteiger partial charge on any atom is 0.161 e. The lowest BCUT2D eigenvalue weighted by molar-refractivity contribution is 0.209. The molecule has 1 aromatic carbocycles. The second-order valence-electron chi connectivity index (χ2n) is 6.43. The summed E-state index contributed by atoms with van der Waals surface area (Å²) in [4.78, 5) is 2.50. The summed E-state index contributed by atoms with van der Waals surface area (Å²) in [5, 5.41) is 0. The average molecular weight is 287 g/mol. The summed E-state index contributed by atoms with van der Waals surface area (Å²) >= 11 is 0. The molecule has 0 spiro atoms. The molecule has 1 aliphatic heterocycles. The van der Waals surface area contributed by atoms with E-state index in [1.165, 1.54) is 24.0 Å². The largest absolute Gasteiger partial charge is 0.493 e. The number of nitrogens with zero attached hydrogens (tertiary/aromatic N) is 1. The molecule has 3 nitrogen and oxygen atoms in total. The van der Waals surface area contributed by atoms with Gasteiger partial charge in [0.1, 0.15) is 0 Å². The molecule has 114 valence electrons. The fourth-order valence-electron chi connectivity index (χ4n) is 4.17. The predicted octanol–water partition coefficient (Wildman–Crippen LogP) is 3.39. The van der Waals surface area contributed by atoms with Crippen LogP contribution in [0.25, 0.3) is 0 Å². The van der Waals surface area contributed by atoms with Crippen molar-refractivity contribution < 1.29 is 9.47 Å². The predicted molar refractivity (Wildman–Crippen MR) is 85.3 cm³/mol. The first-order valence-corrected chi connectivity index (χ1v) is 7.70. The van der Waals surface area contributed by atoms with Crippen molar-refractivity contribution in [2.24, 2.45) is 0 Å². The van der Waals surface area contributed by atoms with Gasteiger partial charge in [0.25, 0.3) is 0 Å². The number of rotatable bonds is 3. The van der Waals surface area contributed by atoms with E-state index in [-0.39, 0.29) is 5.41 Å². The molecule has 2 aliphatic rings. The normalized spacial score (nSPS) is 29.3. The molecule has 0 bridgehead atoms. The lowest BCUT2D eigenvalue weighted by Crippen LogP contribution is -2.44. The fraction of sp³-hybridized carbons (Fsp3) is 0.556. The molecule has 1 aromatic rings. The van der Waals surface area contributed by atoms with Crippen molar-refractivity contribution in [1.82, 2.24) is 4.90 Å². The van der Waals surface area contributed by atoms with Gasteiger partial charge < -0.3 is 14.4 Å². The minimum Gasteiger partial charge on any atom is -0.493 e.